The van der Waals surface area contributed by atoms with Gasteiger partial charge < -0.3 is 4.74 Å². The molecule has 0 atom stereocenters. The number of esters is 1. The number of carbonyl (C=O) groups excluding carboxylic acids is 4. The number of hydrogen-bond donors (Lipinski definition) is 1. The summed E-state index contributed by atoms with van der Waals surface area (Å²) in [7, 11) is 0. The van der Waals surface area contributed by atoms with E-state index in [0.29, 0.717) is 10.0 Å². The van der Waals surface area contributed by atoms with E-state index in [1.807, 2.05) is 0 Å². The van der Waals surface area contributed by atoms with Gasteiger partial charge in [-0.1, -0.05) is 31.9 Å². The first-order valence-corrected chi connectivity index (χ1v) is 12.3. The van der Waals surface area contributed by atoms with E-state index in [1.165, 1.54) is 48.6 Å². The molecular formula is C26H15Br2N3O7. The highest BCUT2D eigenvalue weighted by atomic mass is 79.9. The standard InChI is InChI=1S/C26H15Br2N3O7/c27-17-4-9-19(10-5-17)30-25(34)21(24(33)29-26(30)35)14-16-13-18(28)6-11-22(16)38-23(32)12-3-15-1-7-20(8-2-15)31(36)37/h1-14H,(H,29,33,35)/b12-3+,21-14-. The van der Waals surface area contributed by atoms with E-state index in [2.05, 4.69) is 37.2 Å². The second-order valence-electron chi connectivity index (χ2n) is 7.72. The number of urea groups is 1. The number of carbonyl (C=O) groups is 4. The van der Waals surface area contributed by atoms with Gasteiger partial charge >= 0.3 is 12.0 Å². The summed E-state index contributed by atoms with van der Waals surface area (Å²) in [6.07, 6.45) is 3.78. The number of nitrogens with zero attached hydrogens (tertiary/aromatic N) is 2. The molecule has 1 saturated heterocycles. The molecule has 3 aromatic carbocycles. The third-order valence-corrected chi connectivity index (χ3v) is 6.21. The smallest absolute Gasteiger partial charge is 0.336 e. The Bertz CT molecular complexity index is 1530. The van der Waals surface area contributed by atoms with E-state index in [9.17, 15) is 29.3 Å². The number of barbiturate groups is 1. The number of ether oxygens (including phenoxy) is 1. The Morgan fingerprint density at radius 1 is 0.947 bits per heavy atom. The molecule has 1 aliphatic heterocycles. The number of benzene rings is 3. The molecule has 12 heteroatoms. The van der Waals surface area contributed by atoms with E-state index in [-0.39, 0.29) is 28.3 Å². The van der Waals surface area contributed by atoms with E-state index in [0.717, 1.165) is 15.4 Å². The molecule has 1 fully saturated rings. The van der Waals surface area contributed by atoms with Gasteiger partial charge in [0.2, 0.25) is 0 Å². The van der Waals surface area contributed by atoms with Crippen LogP contribution in [0.1, 0.15) is 11.1 Å². The van der Waals surface area contributed by atoms with Crippen LogP contribution in [-0.4, -0.2) is 28.7 Å². The van der Waals surface area contributed by atoms with Gasteiger partial charge in [-0.3, -0.25) is 25.0 Å². The van der Waals surface area contributed by atoms with Crippen LogP contribution in [0.2, 0.25) is 0 Å². The van der Waals surface area contributed by atoms with Crippen LogP contribution >= 0.6 is 31.9 Å². The molecule has 0 aliphatic carbocycles. The van der Waals surface area contributed by atoms with E-state index < -0.39 is 28.7 Å². The van der Waals surface area contributed by atoms with Gasteiger partial charge in [0, 0.05) is 32.7 Å². The van der Waals surface area contributed by atoms with Crippen LogP contribution in [0.3, 0.4) is 0 Å². The van der Waals surface area contributed by atoms with E-state index in [4.69, 9.17) is 4.74 Å². The molecule has 10 nitrogen and oxygen atoms in total. The highest BCUT2D eigenvalue weighted by Gasteiger charge is 2.37. The van der Waals surface area contributed by atoms with Crippen molar-refractivity contribution in [3.8, 4) is 5.75 Å². The van der Waals surface area contributed by atoms with Crippen molar-refractivity contribution in [2.75, 3.05) is 4.90 Å². The van der Waals surface area contributed by atoms with Crippen molar-refractivity contribution in [2.45, 2.75) is 0 Å². The van der Waals surface area contributed by atoms with Gasteiger partial charge in [0.05, 0.1) is 10.6 Å². The number of anilines is 1. The molecule has 4 amide bonds. The molecule has 0 bridgehead atoms. The quantitative estimate of drug-likeness (QED) is 0.0951. The zero-order valence-electron chi connectivity index (χ0n) is 19.1. The Morgan fingerprint density at radius 2 is 1.61 bits per heavy atom. The zero-order chi connectivity index (χ0) is 27.4. The van der Waals surface area contributed by atoms with Crippen LogP contribution in [0.15, 0.2) is 87.3 Å². The normalized spacial score (nSPS) is 14.6. The molecule has 0 aromatic heterocycles. The highest BCUT2D eigenvalue weighted by Crippen LogP contribution is 2.29. The van der Waals surface area contributed by atoms with Gasteiger partial charge in [-0.15, -0.1) is 0 Å². The van der Waals surface area contributed by atoms with Crippen LogP contribution in [0.5, 0.6) is 5.75 Å². The molecule has 190 valence electrons. The fourth-order valence-corrected chi connectivity index (χ4v) is 4.02. The molecule has 1 aliphatic rings. The molecule has 0 unspecified atom stereocenters. The lowest BCUT2D eigenvalue weighted by Crippen LogP contribution is -2.54. The van der Waals surface area contributed by atoms with Crippen LogP contribution in [0.25, 0.3) is 12.2 Å². The maximum atomic E-state index is 13.2. The molecule has 1 heterocycles. The first-order valence-electron chi connectivity index (χ1n) is 10.7. The number of amides is 4. The molecule has 3 aromatic rings. The number of rotatable bonds is 6. The Morgan fingerprint density at radius 3 is 2.26 bits per heavy atom. The molecule has 4 rings (SSSR count). The number of nitrogens with one attached hydrogen (secondary N) is 1. The minimum absolute atomic E-state index is 0.0479. The summed E-state index contributed by atoms with van der Waals surface area (Å²) in [6, 6.07) is 15.6. The third-order valence-electron chi connectivity index (χ3n) is 5.18. The highest BCUT2D eigenvalue weighted by molar-refractivity contribution is 9.10. The molecule has 38 heavy (non-hydrogen) atoms. The van der Waals surface area contributed by atoms with Gasteiger partial charge in [-0.2, -0.15) is 0 Å². The number of hydrogen-bond acceptors (Lipinski definition) is 7. The summed E-state index contributed by atoms with van der Waals surface area (Å²) in [5.41, 5.74) is 0.586. The van der Waals surface area contributed by atoms with Crippen molar-refractivity contribution in [1.82, 2.24) is 5.32 Å². The molecule has 0 spiro atoms. The largest absolute Gasteiger partial charge is 0.423 e. The van der Waals surface area contributed by atoms with Gasteiger partial charge in [0.15, 0.2) is 0 Å². The van der Waals surface area contributed by atoms with Crippen LogP contribution in [-0.2, 0) is 14.4 Å². The van der Waals surface area contributed by atoms with Crippen LogP contribution < -0.4 is 15.0 Å². The number of nitro groups is 1. The third kappa shape index (κ3) is 6.10. The monoisotopic (exact) mass is 639 g/mol. The second kappa shape index (κ2) is 11.3. The predicted octanol–water partition coefficient (Wildman–Crippen LogP) is 5.41. The Kier molecular flexibility index (Phi) is 7.93. The second-order valence-corrected chi connectivity index (χ2v) is 9.55. The maximum absolute atomic E-state index is 13.2. The summed E-state index contributed by atoms with van der Waals surface area (Å²) < 4.78 is 6.73. The molecule has 0 saturated carbocycles. The Labute approximate surface area is 232 Å². The topological polar surface area (TPSA) is 136 Å². The van der Waals surface area contributed by atoms with Crippen molar-refractivity contribution in [3.05, 3.63) is 109 Å². The lowest BCUT2D eigenvalue weighted by molar-refractivity contribution is -0.384. The van der Waals surface area contributed by atoms with Gasteiger partial charge in [0.1, 0.15) is 11.3 Å². The summed E-state index contributed by atoms with van der Waals surface area (Å²) >= 11 is 6.60. The predicted molar refractivity (Wildman–Crippen MR) is 145 cm³/mol. The first kappa shape index (κ1) is 26.6. The number of non-ortho nitro benzene ring substituents is 1. The number of nitro benzene ring substituents is 1. The summed E-state index contributed by atoms with van der Waals surface area (Å²) in [6.45, 7) is 0. The molecular weight excluding hydrogens is 626 g/mol. The SMILES string of the molecule is O=C(/C=C/c1ccc([N+](=O)[O-])cc1)Oc1ccc(Br)cc1/C=C1/C(=O)NC(=O)N(c2ccc(Br)cc2)C1=O. The fourth-order valence-electron chi connectivity index (χ4n) is 3.38. The van der Waals surface area contributed by atoms with Crippen molar-refractivity contribution in [1.29, 1.82) is 0 Å². The zero-order valence-corrected chi connectivity index (χ0v) is 22.3. The van der Waals surface area contributed by atoms with Crippen LogP contribution in [0.4, 0.5) is 16.2 Å². The van der Waals surface area contributed by atoms with Crippen molar-refractivity contribution >= 4 is 79.2 Å². The van der Waals surface area contributed by atoms with E-state index >= 15 is 0 Å². The van der Waals surface area contributed by atoms with Gasteiger partial charge in [0.25, 0.3) is 17.5 Å². The van der Waals surface area contributed by atoms with Gasteiger partial charge in [-0.05, 0) is 72.3 Å². The van der Waals surface area contributed by atoms with Crippen molar-refractivity contribution < 1.29 is 28.8 Å². The van der Waals surface area contributed by atoms with Crippen molar-refractivity contribution in [2.24, 2.45) is 0 Å². The van der Waals surface area contributed by atoms with Crippen LogP contribution in [0, 0.1) is 10.1 Å². The number of imide groups is 2. The minimum Gasteiger partial charge on any atom is -0.423 e. The first-order chi connectivity index (χ1) is 18.1. The average Bonchev–Trinajstić information content (AvgIpc) is 2.88. The fraction of sp³-hybridized carbons (Fsp3) is 0. The minimum atomic E-state index is -0.899. The average molecular weight is 641 g/mol. The summed E-state index contributed by atoms with van der Waals surface area (Å²) in [4.78, 5) is 61.7. The van der Waals surface area contributed by atoms with E-state index in [1.54, 1.807) is 30.3 Å². The summed E-state index contributed by atoms with van der Waals surface area (Å²) in [5.74, 6) is -2.47. The Hall–Kier alpha value is -4.42. The Balaban J connectivity index is 1.60. The molecule has 0 radical (unpaired) electrons. The lowest BCUT2D eigenvalue weighted by Gasteiger charge is -2.26. The summed E-state index contributed by atoms with van der Waals surface area (Å²) in [5, 5.41) is 12.9. The number of halogens is 2. The van der Waals surface area contributed by atoms with Gasteiger partial charge in [-0.25, -0.2) is 14.5 Å². The maximum Gasteiger partial charge on any atom is 0.336 e. The van der Waals surface area contributed by atoms with Crippen molar-refractivity contribution in [3.63, 3.8) is 0 Å². The lowest BCUT2D eigenvalue weighted by atomic mass is 10.1. The molecule has 1 N–H and O–H groups in total.